The molecular formula is C26H35F3N2O3S. The minimum atomic E-state index is -4.37. The second kappa shape index (κ2) is 12.3. The topological polar surface area (TPSA) is 49.9 Å². The molecule has 194 valence electrons. The van der Waals surface area contributed by atoms with E-state index < -0.39 is 21.8 Å². The van der Waals surface area contributed by atoms with Gasteiger partial charge in [-0.2, -0.15) is 17.5 Å². The van der Waals surface area contributed by atoms with E-state index >= 15 is 0 Å². The van der Waals surface area contributed by atoms with Crippen LogP contribution in [0.5, 0.6) is 0 Å². The van der Waals surface area contributed by atoms with Crippen LogP contribution in [0.3, 0.4) is 0 Å². The van der Waals surface area contributed by atoms with Gasteiger partial charge in [0.25, 0.3) is 0 Å². The molecule has 0 saturated carbocycles. The van der Waals surface area contributed by atoms with E-state index in [1.165, 1.54) is 28.3 Å². The molecule has 0 N–H and O–H groups in total. The van der Waals surface area contributed by atoms with Crippen LogP contribution in [0.2, 0.25) is 0 Å². The van der Waals surface area contributed by atoms with Crippen LogP contribution < -0.4 is 0 Å². The summed E-state index contributed by atoms with van der Waals surface area (Å²) in [7, 11) is -3.23. The van der Waals surface area contributed by atoms with Crippen molar-refractivity contribution in [1.82, 2.24) is 9.21 Å². The van der Waals surface area contributed by atoms with E-state index in [0.717, 1.165) is 18.9 Å². The van der Waals surface area contributed by atoms with Crippen molar-refractivity contribution < 1.29 is 26.3 Å². The van der Waals surface area contributed by atoms with Crippen LogP contribution in [-0.4, -0.2) is 62.8 Å². The van der Waals surface area contributed by atoms with Gasteiger partial charge in [-0.15, -0.1) is 0 Å². The molecule has 1 saturated heterocycles. The molecule has 0 aliphatic carbocycles. The Labute approximate surface area is 206 Å². The summed E-state index contributed by atoms with van der Waals surface area (Å²) >= 11 is 0. The largest absolute Gasteiger partial charge is 0.416 e. The Balaban J connectivity index is 1.60. The molecule has 9 heteroatoms. The zero-order valence-electron chi connectivity index (χ0n) is 20.4. The van der Waals surface area contributed by atoms with Gasteiger partial charge in [0.15, 0.2) is 0 Å². The van der Waals surface area contributed by atoms with Crippen LogP contribution in [0.1, 0.15) is 48.8 Å². The maximum Gasteiger partial charge on any atom is 0.416 e. The number of halogens is 3. The fourth-order valence-corrected chi connectivity index (χ4v) is 5.39. The van der Waals surface area contributed by atoms with Gasteiger partial charge >= 0.3 is 6.18 Å². The summed E-state index contributed by atoms with van der Waals surface area (Å²) in [6.45, 7) is 5.26. The second-order valence-electron chi connectivity index (χ2n) is 9.35. The number of alkyl halides is 3. The molecule has 0 radical (unpaired) electrons. The van der Waals surface area contributed by atoms with Crippen LogP contribution in [0.25, 0.3) is 0 Å². The van der Waals surface area contributed by atoms with Crippen LogP contribution in [0.4, 0.5) is 13.2 Å². The van der Waals surface area contributed by atoms with E-state index in [-0.39, 0.29) is 12.0 Å². The highest BCUT2D eigenvalue weighted by molar-refractivity contribution is 7.88. The van der Waals surface area contributed by atoms with Gasteiger partial charge in [-0.1, -0.05) is 55.5 Å². The molecule has 1 aliphatic heterocycles. The predicted octanol–water partition coefficient (Wildman–Crippen LogP) is 5.14. The average molecular weight is 513 g/mol. The van der Waals surface area contributed by atoms with Crippen molar-refractivity contribution in [2.75, 3.05) is 39.0 Å². The monoisotopic (exact) mass is 512 g/mol. The third-order valence-corrected chi connectivity index (χ3v) is 7.61. The van der Waals surface area contributed by atoms with E-state index in [0.29, 0.717) is 51.3 Å². The van der Waals surface area contributed by atoms with Crippen molar-refractivity contribution in [3.8, 4) is 0 Å². The van der Waals surface area contributed by atoms with Gasteiger partial charge in [-0.25, -0.2) is 8.42 Å². The van der Waals surface area contributed by atoms with E-state index in [9.17, 15) is 21.6 Å². The highest BCUT2D eigenvalue weighted by Gasteiger charge is 2.30. The van der Waals surface area contributed by atoms with Gasteiger partial charge in [-0.3, -0.25) is 4.90 Å². The Morgan fingerprint density at radius 2 is 1.89 bits per heavy atom. The molecule has 1 heterocycles. The van der Waals surface area contributed by atoms with Gasteiger partial charge in [0.2, 0.25) is 10.0 Å². The molecule has 2 aromatic carbocycles. The molecule has 35 heavy (non-hydrogen) atoms. The smallest absolute Gasteiger partial charge is 0.377 e. The van der Waals surface area contributed by atoms with Crippen molar-refractivity contribution in [3.05, 3.63) is 71.3 Å². The maximum absolute atomic E-state index is 13.2. The normalized spacial score (nSPS) is 18.6. The Kier molecular flexibility index (Phi) is 9.75. The van der Waals surface area contributed by atoms with E-state index in [4.69, 9.17) is 4.74 Å². The lowest BCUT2D eigenvalue weighted by Gasteiger charge is -2.31. The van der Waals surface area contributed by atoms with Crippen molar-refractivity contribution in [2.45, 2.75) is 50.9 Å². The van der Waals surface area contributed by atoms with Gasteiger partial charge < -0.3 is 4.74 Å². The fourth-order valence-electron chi connectivity index (χ4n) is 4.49. The molecule has 1 aliphatic rings. The van der Waals surface area contributed by atoms with Crippen molar-refractivity contribution in [1.29, 1.82) is 0 Å². The molecule has 3 rings (SSSR count). The molecule has 0 aromatic heterocycles. The lowest BCUT2D eigenvalue weighted by molar-refractivity contribution is -0.137. The van der Waals surface area contributed by atoms with Crippen molar-refractivity contribution in [3.63, 3.8) is 0 Å². The molecule has 0 amide bonds. The molecule has 1 fully saturated rings. The summed E-state index contributed by atoms with van der Waals surface area (Å²) in [5.41, 5.74) is 1.17. The molecule has 0 spiro atoms. The number of benzene rings is 2. The second-order valence-corrected chi connectivity index (χ2v) is 11.3. The summed E-state index contributed by atoms with van der Waals surface area (Å²) < 4.78 is 70.7. The minimum Gasteiger partial charge on any atom is -0.377 e. The van der Waals surface area contributed by atoms with Gasteiger partial charge in [0, 0.05) is 39.3 Å². The predicted molar refractivity (Wildman–Crippen MR) is 132 cm³/mol. The third kappa shape index (κ3) is 8.90. The minimum absolute atomic E-state index is 0.126. The number of sulfonamides is 1. The highest BCUT2D eigenvalue weighted by atomic mass is 32.2. The van der Waals surface area contributed by atoms with E-state index in [1.807, 2.05) is 18.2 Å². The fraction of sp³-hybridized carbons (Fsp3) is 0.538. The Morgan fingerprint density at radius 3 is 2.57 bits per heavy atom. The Bertz CT molecular complexity index is 1030. The van der Waals surface area contributed by atoms with Crippen LogP contribution in [0, 0.1) is 0 Å². The maximum atomic E-state index is 13.2. The first-order valence-corrected chi connectivity index (χ1v) is 13.9. The summed E-state index contributed by atoms with van der Waals surface area (Å²) in [6, 6.07) is 15.6. The number of nitrogens with zero attached hydrogens (tertiary/aromatic N) is 2. The van der Waals surface area contributed by atoms with Gasteiger partial charge in [0.05, 0.1) is 17.9 Å². The molecule has 2 aromatic rings. The number of hydrogen-bond donors (Lipinski definition) is 0. The highest BCUT2D eigenvalue weighted by Crippen LogP contribution is 2.30. The van der Waals surface area contributed by atoms with Crippen molar-refractivity contribution >= 4 is 10.0 Å². The number of piperidine rings is 1. The zero-order valence-corrected chi connectivity index (χ0v) is 21.2. The SMILES string of the molecule is CC(CN(CCCOC1CCCN(S(C)(=O)=O)C1)Cc1cccc(C(F)(F)F)c1)c1ccccc1. The first kappa shape index (κ1) is 27.6. The number of hydrogen-bond acceptors (Lipinski definition) is 4. The molecule has 2 atom stereocenters. The first-order chi connectivity index (χ1) is 16.5. The zero-order chi connectivity index (χ0) is 25.5. The standard InChI is InChI=1S/C26H35F3N2O3S/c1-21(23-10-4-3-5-11-23)18-30(19-22-9-6-12-24(17-22)26(27,28)29)14-8-16-34-25-13-7-15-31(20-25)35(2,32)33/h3-6,9-12,17,21,25H,7-8,13-16,18-20H2,1-2H3. The van der Waals surface area contributed by atoms with Crippen LogP contribution in [-0.2, 0) is 27.5 Å². The summed E-state index contributed by atoms with van der Waals surface area (Å²) in [5, 5.41) is 0. The number of rotatable bonds is 11. The Morgan fingerprint density at radius 1 is 1.14 bits per heavy atom. The molecule has 0 bridgehead atoms. The number of ether oxygens (including phenoxy) is 1. The first-order valence-electron chi connectivity index (χ1n) is 12.0. The lowest BCUT2D eigenvalue weighted by atomic mass is 10.00. The third-order valence-electron chi connectivity index (χ3n) is 6.34. The molecule has 5 nitrogen and oxygen atoms in total. The van der Waals surface area contributed by atoms with Crippen LogP contribution in [0.15, 0.2) is 54.6 Å². The molecule has 2 unspecified atom stereocenters. The van der Waals surface area contributed by atoms with E-state index in [2.05, 4.69) is 24.0 Å². The van der Waals surface area contributed by atoms with E-state index in [1.54, 1.807) is 6.07 Å². The quantitative estimate of drug-likeness (QED) is 0.391. The molecular weight excluding hydrogens is 477 g/mol. The lowest BCUT2D eigenvalue weighted by Crippen LogP contribution is -2.42. The Hall–Kier alpha value is -1.94. The summed E-state index contributed by atoms with van der Waals surface area (Å²) in [6.07, 6.45) is -0.978. The average Bonchev–Trinajstić information content (AvgIpc) is 2.81. The van der Waals surface area contributed by atoms with Crippen LogP contribution >= 0.6 is 0 Å². The van der Waals surface area contributed by atoms with Gasteiger partial charge in [-0.05, 0) is 42.4 Å². The van der Waals surface area contributed by atoms with Crippen molar-refractivity contribution in [2.24, 2.45) is 0 Å². The van der Waals surface area contributed by atoms with Gasteiger partial charge in [0.1, 0.15) is 0 Å². The summed E-state index contributed by atoms with van der Waals surface area (Å²) in [5.74, 6) is 0.213. The summed E-state index contributed by atoms with van der Waals surface area (Å²) in [4.78, 5) is 2.17.